The first-order valence-corrected chi connectivity index (χ1v) is 9.46. The zero-order valence-electron chi connectivity index (χ0n) is 14.9. The molecule has 1 aliphatic carbocycles. The molecule has 1 N–H and O–H groups in total. The van der Waals surface area contributed by atoms with Gasteiger partial charge in [-0.2, -0.15) is 4.98 Å². The van der Waals surface area contributed by atoms with Gasteiger partial charge in [0.1, 0.15) is 11.6 Å². The zero-order chi connectivity index (χ0) is 17.8. The highest BCUT2D eigenvalue weighted by Gasteiger charge is 2.24. The minimum atomic E-state index is -0.154. The maximum atomic E-state index is 13.5. The van der Waals surface area contributed by atoms with E-state index in [0.717, 1.165) is 63.4 Å². The molecule has 6 heteroatoms. The van der Waals surface area contributed by atoms with Crippen LogP contribution in [0.3, 0.4) is 0 Å². The van der Waals surface area contributed by atoms with E-state index in [2.05, 4.69) is 15.2 Å². The Hall–Kier alpha value is -2.21. The first-order valence-electron chi connectivity index (χ1n) is 9.46. The molecule has 1 aliphatic heterocycles. The van der Waals surface area contributed by atoms with Crippen molar-refractivity contribution in [3.63, 3.8) is 0 Å². The first kappa shape index (κ1) is 17.2. The van der Waals surface area contributed by atoms with Crippen LogP contribution in [0.2, 0.25) is 0 Å². The number of benzene rings is 1. The molecular formula is C20H25FN4O. The largest absolute Gasteiger partial charge is 0.378 e. The lowest BCUT2D eigenvalue weighted by Crippen LogP contribution is -2.37. The van der Waals surface area contributed by atoms with Gasteiger partial charge in [0.2, 0.25) is 5.95 Å². The van der Waals surface area contributed by atoms with Crippen LogP contribution in [0.25, 0.3) is 0 Å². The molecule has 1 saturated heterocycles. The van der Waals surface area contributed by atoms with Crippen molar-refractivity contribution in [2.24, 2.45) is 0 Å². The van der Waals surface area contributed by atoms with Crippen molar-refractivity contribution in [1.82, 2.24) is 9.97 Å². The Bertz CT molecular complexity index is 735. The molecule has 0 spiro atoms. The standard InChI is InChI=1S/C20H25FN4O/c21-17-5-1-3-15(13-17)16-4-2-6-18(14-16)23-20-22-8-7-19(24-20)25-9-11-26-12-10-25/h1,3,5,7-8,13,16,18H,2,4,6,9-12,14H2,(H,22,23,24)/t16-,18+/m0/s1. The fourth-order valence-corrected chi connectivity index (χ4v) is 3.95. The number of nitrogens with zero attached hydrogens (tertiary/aromatic N) is 3. The molecular weight excluding hydrogens is 331 g/mol. The number of hydrogen-bond donors (Lipinski definition) is 1. The van der Waals surface area contributed by atoms with Crippen LogP contribution in [0.1, 0.15) is 37.2 Å². The number of rotatable bonds is 4. The molecule has 1 saturated carbocycles. The molecule has 5 nitrogen and oxygen atoms in total. The van der Waals surface area contributed by atoms with Gasteiger partial charge < -0.3 is 15.0 Å². The third-order valence-corrected chi connectivity index (χ3v) is 5.30. The molecule has 2 aliphatic rings. The Morgan fingerprint density at radius 3 is 2.88 bits per heavy atom. The Morgan fingerprint density at radius 1 is 1.15 bits per heavy atom. The normalized spacial score (nSPS) is 23.7. The lowest BCUT2D eigenvalue weighted by atomic mass is 9.81. The molecule has 1 aromatic carbocycles. The summed E-state index contributed by atoms with van der Waals surface area (Å²) in [6.45, 7) is 3.21. The van der Waals surface area contributed by atoms with Gasteiger partial charge in [-0.3, -0.25) is 0 Å². The molecule has 2 fully saturated rings. The number of ether oxygens (including phenoxy) is 1. The van der Waals surface area contributed by atoms with Crippen LogP contribution in [0, 0.1) is 5.82 Å². The number of aromatic nitrogens is 2. The molecule has 0 amide bonds. The number of anilines is 2. The van der Waals surface area contributed by atoms with Crippen LogP contribution in [0.15, 0.2) is 36.5 Å². The van der Waals surface area contributed by atoms with Crippen LogP contribution >= 0.6 is 0 Å². The summed E-state index contributed by atoms with van der Waals surface area (Å²) < 4.78 is 18.9. The summed E-state index contributed by atoms with van der Waals surface area (Å²) >= 11 is 0. The predicted molar refractivity (Wildman–Crippen MR) is 100 cm³/mol. The second-order valence-corrected chi connectivity index (χ2v) is 7.10. The van der Waals surface area contributed by atoms with Crippen molar-refractivity contribution >= 4 is 11.8 Å². The van der Waals surface area contributed by atoms with E-state index >= 15 is 0 Å². The van der Waals surface area contributed by atoms with Gasteiger partial charge >= 0.3 is 0 Å². The summed E-state index contributed by atoms with van der Waals surface area (Å²) in [4.78, 5) is 11.3. The highest BCUT2D eigenvalue weighted by atomic mass is 19.1. The van der Waals surface area contributed by atoms with Gasteiger partial charge in [-0.25, -0.2) is 9.37 Å². The van der Waals surface area contributed by atoms with Gasteiger partial charge in [-0.05, 0) is 48.9 Å². The fourth-order valence-electron chi connectivity index (χ4n) is 3.95. The Morgan fingerprint density at radius 2 is 2.04 bits per heavy atom. The van der Waals surface area contributed by atoms with E-state index in [4.69, 9.17) is 9.72 Å². The van der Waals surface area contributed by atoms with Crippen molar-refractivity contribution < 1.29 is 9.13 Å². The van der Waals surface area contributed by atoms with E-state index in [1.165, 1.54) is 6.07 Å². The summed E-state index contributed by atoms with van der Waals surface area (Å²) in [6.07, 6.45) is 6.12. The van der Waals surface area contributed by atoms with Crippen molar-refractivity contribution in [3.05, 3.63) is 47.9 Å². The summed E-state index contributed by atoms with van der Waals surface area (Å²) in [5.74, 6) is 1.86. The van der Waals surface area contributed by atoms with Crippen molar-refractivity contribution in [1.29, 1.82) is 0 Å². The molecule has 2 heterocycles. The molecule has 26 heavy (non-hydrogen) atoms. The number of halogens is 1. The highest BCUT2D eigenvalue weighted by Crippen LogP contribution is 2.34. The van der Waals surface area contributed by atoms with E-state index in [0.29, 0.717) is 17.9 Å². The average molecular weight is 356 g/mol. The van der Waals surface area contributed by atoms with E-state index in [-0.39, 0.29) is 5.82 Å². The van der Waals surface area contributed by atoms with E-state index in [9.17, 15) is 4.39 Å². The van der Waals surface area contributed by atoms with Crippen LogP contribution < -0.4 is 10.2 Å². The van der Waals surface area contributed by atoms with Gasteiger partial charge in [0, 0.05) is 25.3 Å². The van der Waals surface area contributed by atoms with Crippen molar-refractivity contribution in [3.8, 4) is 0 Å². The second-order valence-electron chi connectivity index (χ2n) is 7.10. The smallest absolute Gasteiger partial charge is 0.224 e. The fraction of sp³-hybridized carbons (Fsp3) is 0.500. The lowest BCUT2D eigenvalue weighted by molar-refractivity contribution is 0.122. The monoisotopic (exact) mass is 356 g/mol. The first-order chi connectivity index (χ1) is 12.8. The van der Waals surface area contributed by atoms with Gasteiger partial charge in [0.25, 0.3) is 0 Å². The molecule has 0 radical (unpaired) electrons. The van der Waals surface area contributed by atoms with E-state index in [1.807, 2.05) is 18.3 Å². The number of nitrogens with one attached hydrogen (secondary N) is 1. The molecule has 2 aromatic rings. The van der Waals surface area contributed by atoms with Gasteiger partial charge in [0.15, 0.2) is 0 Å². The molecule has 0 unspecified atom stereocenters. The quantitative estimate of drug-likeness (QED) is 0.907. The molecule has 2 atom stereocenters. The molecule has 138 valence electrons. The summed E-state index contributed by atoms with van der Waals surface area (Å²) in [6, 6.07) is 9.28. The maximum absolute atomic E-state index is 13.5. The lowest BCUT2D eigenvalue weighted by Gasteiger charge is -2.31. The average Bonchev–Trinajstić information content (AvgIpc) is 2.69. The maximum Gasteiger partial charge on any atom is 0.224 e. The van der Waals surface area contributed by atoms with Gasteiger partial charge in [-0.1, -0.05) is 18.6 Å². The van der Waals surface area contributed by atoms with Crippen LogP contribution in [0.5, 0.6) is 0 Å². The van der Waals surface area contributed by atoms with Gasteiger partial charge in [-0.15, -0.1) is 0 Å². The minimum absolute atomic E-state index is 0.154. The van der Waals surface area contributed by atoms with Crippen LogP contribution in [0.4, 0.5) is 16.2 Å². The van der Waals surface area contributed by atoms with E-state index < -0.39 is 0 Å². The second kappa shape index (κ2) is 7.99. The summed E-state index contributed by atoms with van der Waals surface area (Å²) in [5, 5.41) is 3.50. The summed E-state index contributed by atoms with van der Waals surface area (Å²) in [7, 11) is 0. The highest BCUT2D eigenvalue weighted by molar-refractivity contribution is 5.43. The topological polar surface area (TPSA) is 50.3 Å². The Labute approximate surface area is 153 Å². The molecule has 1 aromatic heterocycles. The van der Waals surface area contributed by atoms with Crippen molar-refractivity contribution in [2.45, 2.75) is 37.6 Å². The SMILES string of the molecule is Fc1cccc([C@H]2CCC[C@@H](Nc3nccc(N4CCOCC4)n3)C2)c1. The van der Waals surface area contributed by atoms with Crippen molar-refractivity contribution in [2.75, 3.05) is 36.5 Å². The Kier molecular flexibility index (Phi) is 5.29. The van der Waals surface area contributed by atoms with Gasteiger partial charge in [0.05, 0.1) is 13.2 Å². The number of morpholine rings is 1. The van der Waals surface area contributed by atoms with Crippen LogP contribution in [-0.2, 0) is 4.74 Å². The summed E-state index contributed by atoms with van der Waals surface area (Å²) in [5.41, 5.74) is 1.10. The minimum Gasteiger partial charge on any atom is -0.378 e. The molecule has 0 bridgehead atoms. The molecule has 4 rings (SSSR count). The zero-order valence-corrected chi connectivity index (χ0v) is 14.9. The van der Waals surface area contributed by atoms with E-state index in [1.54, 1.807) is 12.1 Å². The predicted octanol–water partition coefficient (Wildman–Crippen LogP) is 3.59. The Balaban J connectivity index is 1.42. The number of hydrogen-bond acceptors (Lipinski definition) is 5. The third-order valence-electron chi connectivity index (χ3n) is 5.30. The van der Waals surface area contributed by atoms with Crippen LogP contribution in [-0.4, -0.2) is 42.3 Å². The third kappa shape index (κ3) is 4.12.